The summed E-state index contributed by atoms with van der Waals surface area (Å²) in [5.74, 6) is -0.451. The molecule has 0 fully saturated rings. The number of ether oxygens (including phenoxy) is 1. The van der Waals surface area contributed by atoms with E-state index in [9.17, 15) is 4.79 Å². The summed E-state index contributed by atoms with van der Waals surface area (Å²) >= 11 is 12.7. The molecule has 0 bridgehead atoms. The van der Waals surface area contributed by atoms with Crippen LogP contribution in [0.15, 0.2) is 18.2 Å². The average molecular weight is 290 g/mol. The van der Waals surface area contributed by atoms with Gasteiger partial charge in [-0.05, 0) is 41.9 Å². The van der Waals surface area contributed by atoms with Gasteiger partial charge in [-0.25, -0.2) is 0 Å². The van der Waals surface area contributed by atoms with Gasteiger partial charge in [0.05, 0.1) is 7.11 Å². The number of nitriles is 1. The maximum atomic E-state index is 11.4. The Kier molecular flexibility index (Phi) is 5.63. The van der Waals surface area contributed by atoms with Gasteiger partial charge in [-0.15, -0.1) is 0 Å². The molecule has 1 aromatic carbocycles. The van der Waals surface area contributed by atoms with Crippen molar-refractivity contribution in [2.24, 2.45) is 0 Å². The highest BCUT2D eigenvalue weighted by Gasteiger charge is 2.21. The fourth-order valence-electron chi connectivity index (χ4n) is 1.27. The maximum absolute atomic E-state index is 11.4. The second kappa shape index (κ2) is 6.75. The van der Waals surface area contributed by atoms with Gasteiger partial charge < -0.3 is 4.74 Å². The summed E-state index contributed by atoms with van der Waals surface area (Å²) in [6, 6.07) is 5.00. The van der Waals surface area contributed by atoms with Gasteiger partial charge in [0.25, 0.3) is 0 Å². The molecule has 17 heavy (non-hydrogen) atoms. The number of thiocyanates is 1. The second-order valence-electron chi connectivity index (χ2n) is 3.16. The third-order valence-corrected chi connectivity index (χ3v) is 3.42. The van der Waals surface area contributed by atoms with Crippen LogP contribution in [0.25, 0.3) is 0 Å². The van der Waals surface area contributed by atoms with Crippen molar-refractivity contribution in [1.82, 2.24) is 0 Å². The van der Waals surface area contributed by atoms with Crippen LogP contribution in [-0.4, -0.2) is 18.3 Å². The first-order chi connectivity index (χ1) is 8.08. The van der Waals surface area contributed by atoms with Gasteiger partial charge in [-0.2, -0.15) is 5.26 Å². The molecule has 1 unspecified atom stereocenters. The minimum absolute atomic E-state index is 0.310. The fourth-order valence-corrected chi connectivity index (χ4v) is 2.24. The summed E-state index contributed by atoms with van der Waals surface area (Å²) in [5.41, 5.74) is 0.720. The quantitative estimate of drug-likeness (QED) is 0.630. The number of nitrogens with zero attached hydrogens (tertiary/aromatic N) is 1. The van der Waals surface area contributed by atoms with Crippen molar-refractivity contribution in [3.05, 3.63) is 33.8 Å². The Morgan fingerprint density at radius 1 is 1.59 bits per heavy atom. The van der Waals surface area contributed by atoms with Crippen LogP contribution in [0.5, 0.6) is 0 Å². The number of carbonyl (C=O) groups is 1. The number of benzene rings is 1. The van der Waals surface area contributed by atoms with Gasteiger partial charge >= 0.3 is 5.97 Å². The van der Waals surface area contributed by atoms with E-state index in [1.54, 1.807) is 18.2 Å². The van der Waals surface area contributed by atoms with Crippen molar-refractivity contribution in [2.45, 2.75) is 11.7 Å². The third kappa shape index (κ3) is 4.12. The Labute approximate surface area is 114 Å². The van der Waals surface area contributed by atoms with Crippen LogP contribution in [0.2, 0.25) is 10.0 Å². The lowest BCUT2D eigenvalue weighted by atomic mass is 10.1. The molecule has 0 aliphatic heterocycles. The van der Waals surface area contributed by atoms with Crippen LogP contribution in [0.1, 0.15) is 5.56 Å². The Morgan fingerprint density at radius 2 is 2.29 bits per heavy atom. The molecule has 1 rings (SSSR count). The van der Waals surface area contributed by atoms with Gasteiger partial charge in [0.2, 0.25) is 0 Å². The molecule has 0 aliphatic carbocycles. The van der Waals surface area contributed by atoms with Gasteiger partial charge in [-0.3, -0.25) is 4.79 Å². The standard InChI is InChI=1S/C11H9Cl2NO2S/c1-16-11(15)10(17-6-14)5-7-4-8(12)2-3-9(7)13/h2-4,10H,5H2,1H3. The molecule has 1 aromatic rings. The van der Waals surface area contributed by atoms with Crippen molar-refractivity contribution in [3.63, 3.8) is 0 Å². The Balaban J connectivity index is 2.89. The zero-order chi connectivity index (χ0) is 12.8. The van der Waals surface area contributed by atoms with Crippen molar-refractivity contribution < 1.29 is 9.53 Å². The molecule has 0 aliphatic rings. The van der Waals surface area contributed by atoms with E-state index in [1.807, 2.05) is 5.40 Å². The van der Waals surface area contributed by atoms with E-state index in [1.165, 1.54) is 7.11 Å². The predicted octanol–water partition coefficient (Wildman–Crippen LogP) is 3.29. The van der Waals surface area contributed by atoms with E-state index in [0.29, 0.717) is 16.5 Å². The lowest BCUT2D eigenvalue weighted by Crippen LogP contribution is -2.21. The zero-order valence-corrected chi connectivity index (χ0v) is 11.3. The van der Waals surface area contributed by atoms with Crippen LogP contribution in [0.3, 0.4) is 0 Å². The molecule has 0 N–H and O–H groups in total. The summed E-state index contributed by atoms with van der Waals surface area (Å²) in [4.78, 5) is 11.4. The van der Waals surface area contributed by atoms with Crippen LogP contribution >= 0.6 is 35.0 Å². The second-order valence-corrected chi connectivity index (χ2v) is 4.99. The van der Waals surface area contributed by atoms with E-state index >= 15 is 0 Å². The normalized spacial score (nSPS) is 11.6. The van der Waals surface area contributed by atoms with Crippen LogP contribution < -0.4 is 0 Å². The Hall–Kier alpha value is -0.890. The van der Waals surface area contributed by atoms with Crippen molar-refractivity contribution in [1.29, 1.82) is 5.26 Å². The molecule has 0 spiro atoms. The average Bonchev–Trinajstić information content (AvgIpc) is 2.32. The SMILES string of the molecule is COC(=O)C(Cc1cc(Cl)ccc1Cl)SC#N. The molecule has 6 heteroatoms. The number of hydrogen-bond acceptors (Lipinski definition) is 4. The molecular weight excluding hydrogens is 281 g/mol. The first-order valence-corrected chi connectivity index (χ1v) is 6.28. The molecule has 0 saturated carbocycles. The fraction of sp³-hybridized carbons (Fsp3) is 0.273. The molecule has 90 valence electrons. The van der Waals surface area contributed by atoms with E-state index < -0.39 is 11.2 Å². The predicted molar refractivity (Wildman–Crippen MR) is 69.2 cm³/mol. The number of halogens is 2. The molecule has 0 amide bonds. The molecule has 0 saturated heterocycles. The smallest absolute Gasteiger partial charge is 0.320 e. The third-order valence-electron chi connectivity index (χ3n) is 2.07. The van der Waals surface area contributed by atoms with E-state index in [0.717, 1.165) is 17.3 Å². The van der Waals surface area contributed by atoms with Crippen molar-refractivity contribution in [2.75, 3.05) is 7.11 Å². The zero-order valence-electron chi connectivity index (χ0n) is 8.94. The van der Waals surface area contributed by atoms with Crippen molar-refractivity contribution in [3.8, 4) is 5.40 Å². The highest BCUT2D eigenvalue weighted by atomic mass is 35.5. The number of hydrogen-bond donors (Lipinski definition) is 0. The van der Waals surface area contributed by atoms with Gasteiger partial charge in [-0.1, -0.05) is 23.2 Å². The first kappa shape index (κ1) is 14.2. The van der Waals surface area contributed by atoms with E-state index in [2.05, 4.69) is 4.74 Å². The highest BCUT2D eigenvalue weighted by Crippen LogP contribution is 2.25. The number of esters is 1. The van der Waals surface area contributed by atoms with Gasteiger partial charge in [0.15, 0.2) is 0 Å². The van der Waals surface area contributed by atoms with Crippen LogP contribution in [-0.2, 0) is 16.0 Å². The topological polar surface area (TPSA) is 50.1 Å². The van der Waals surface area contributed by atoms with Gasteiger partial charge in [0, 0.05) is 10.0 Å². The number of carbonyl (C=O) groups excluding carboxylic acids is 1. The minimum Gasteiger partial charge on any atom is -0.468 e. The number of rotatable bonds is 4. The van der Waals surface area contributed by atoms with E-state index in [4.69, 9.17) is 28.5 Å². The summed E-state index contributed by atoms with van der Waals surface area (Å²) in [6.07, 6.45) is 0.310. The number of thioether (sulfide) groups is 1. The first-order valence-electron chi connectivity index (χ1n) is 4.65. The molecule has 0 aromatic heterocycles. The lowest BCUT2D eigenvalue weighted by molar-refractivity contribution is -0.139. The van der Waals surface area contributed by atoms with Crippen molar-refractivity contribution >= 4 is 40.9 Å². The Bertz CT molecular complexity index is 459. The molecule has 0 heterocycles. The largest absolute Gasteiger partial charge is 0.468 e. The monoisotopic (exact) mass is 289 g/mol. The number of methoxy groups -OCH3 is 1. The summed E-state index contributed by atoms with van der Waals surface area (Å²) < 4.78 is 4.62. The van der Waals surface area contributed by atoms with Crippen LogP contribution in [0, 0.1) is 10.7 Å². The van der Waals surface area contributed by atoms with Crippen LogP contribution in [0.4, 0.5) is 0 Å². The maximum Gasteiger partial charge on any atom is 0.320 e. The highest BCUT2D eigenvalue weighted by molar-refractivity contribution is 8.04. The lowest BCUT2D eigenvalue weighted by Gasteiger charge is -2.11. The summed E-state index contributed by atoms with van der Waals surface area (Å²) in [6.45, 7) is 0. The molecule has 0 radical (unpaired) electrons. The summed E-state index contributed by atoms with van der Waals surface area (Å²) in [7, 11) is 1.28. The molecule has 3 nitrogen and oxygen atoms in total. The Morgan fingerprint density at radius 3 is 2.88 bits per heavy atom. The summed E-state index contributed by atoms with van der Waals surface area (Å²) in [5, 5.41) is 11.0. The minimum atomic E-state index is -0.596. The van der Waals surface area contributed by atoms with E-state index in [-0.39, 0.29) is 0 Å². The van der Waals surface area contributed by atoms with Gasteiger partial charge in [0.1, 0.15) is 10.7 Å². The molecular formula is C11H9Cl2NO2S. The molecule has 1 atom stereocenters.